The maximum atomic E-state index is 5.51. The van der Waals surface area contributed by atoms with Crippen LogP contribution in [0.4, 0.5) is 0 Å². The first-order valence-corrected chi connectivity index (χ1v) is 9.91. The monoisotopic (exact) mass is 488 g/mol. The van der Waals surface area contributed by atoms with Crippen LogP contribution >= 0.6 is 24.0 Å². The van der Waals surface area contributed by atoms with Gasteiger partial charge in [0.05, 0.1) is 6.61 Å². The van der Waals surface area contributed by atoms with Crippen LogP contribution in [0.25, 0.3) is 0 Å². The van der Waals surface area contributed by atoms with E-state index in [0.29, 0.717) is 18.6 Å². The van der Waals surface area contributed by atoms with E-state index < -0.39 is 0 Å². The van der Waals surface area contributed by atoms with E-state index >= 15 is 0 Å². The molecule has 1 aliphatic heterocycles. The predicted octanol–water partition coefficient (Wildman–Crippen LogP) is 3.83. The van der Waals surface area contributed by atoms with Gasteiger partial charge in [-0.3, -0.25) is 4.99 Å². The van der Waals surface area contributed by atoms with Crippen LogP contribution in [-0.4, -0.2) is 62.1 Å². The SMILES string of the molecule is CCOc1ccc(CN(C)C(=NC)NCC2CCCN(C(C)C)C2)cc1.I. The van der Waals surface area contributed by atoms with Crippen molar-refractivity contribution < 1.29 is 4.74 Å². The Balaban J connectivity index is 0.00000364. The third-order valence-corrected chi connectivity index (χ3v) is 5.06. The highest BCUT2D eigenvalue weighted by atomic mass is 127. The second-order valence-electron chi connectivity index (χ2n) is 7.46. The second-order valence-corrected chi connectivity index (χ2v) is 7.46. The van der Waals surface area contributed by atoms with Crippen molar-refractivity contribution in [1.82, 2.24) is 15.1 Å². The fraction of sp³-hybridized carbons (Fsp3) is 0.667. The molecule has 1 saturated heterocycles. The molecule has 0 spiro atoms. The fourth-order valence-electron chi connectivity index (χ4n) is 3.56. The molecule has 154 valence electrons. The molecule has 0 aromatic heterocycles. The Morgan fingerprint density at radius 3 is 2.63 bits per heavy atom. The first-order chi connectivity index (χ1) is 12.5. The van der Waals surface area contributed by atoms with Crippen LogP contribution in [0.2, 0.25) is 0 Å². The number of benzene rings is 1. The minimum absolute atomic E-state index is 0. The number of piperidine rings is 1. The lowest BCUT2D eigenvalue weighted by Gasteiger charge is -2.36. The highest BCUT2D eigenvalue weighted by molar-refractivity contribution is 14.0. The Kier molecular flexibility index (Phi) is 11.1. The summed E-state index contributed by atoms with van der Waals surface area (Å²) in [5, 5.41) is 3.57. The summed E-state index contributed by atoms with van der Waals surface area (Å²) in [5.74, 6) is 2.58. The Bertz CT molecular complexity index is 562. The van der Waals surface area contributed by atoms with Gasteiger partial charge < -0.3 is 19.9 Å². The summed E-state index contributed by atoms with van der Waals surface area (Å²) in [6.07, 6.45) is 2.60. The molecule has 2 rings (SSSR count). The van der Waals surface area contributed by atoms with Crippen LogP contribution < -0.4 is 10.1 Å². The maximum absolute atomic E-state index is 5.51. The molecule has 0 bridgehead atoms. The molecule has 27 heavy (non-hydrogen) atoms. The number of nitrogens with one attached hydrogen (secondary N) is 1. The van der Waals surface area contributed by atoms with Gasteiger partial charge in [-0.25, -0.2) is 0 Å². The summed E-state index contributed by atoms with van der Waals surface area (Å²) in [4.78, 5) is 9.23. The molecule has 1 aromatic carbocycles. The number of likely N-dealkylation sites (tertiary alicyclic amines) is 1. The average molecular weight is 488 g/mol. The van der Waals surface area contributed by atoms with Gasteiger partial charge in [-0.2, -0.15) is 0 Å². The summed E-state index contributed by atoms with van der Waals surface area (Å²) >= 11 is 0. The lowest BCUT2D eigenvalue weighted by Crippen LogP contribution is -2.46. The minimum atomic E-state index is 0. The van der Waals surface area contributed by atoms with Crippen molar-refractivity contribution in [2.45, 2.75) is 46.2 Å². The van der Waals surface area contributed by atoms with Gasteiger partial charge in [0.2, 0.25) is 0 Å². The Labute approximate surface area is 182 Å². The number of guanidine groups is 1. The zero-order valence-corrected chi connectivity index (χ0v) is 19.9. The third-order valence-electron chi connectivity index (χ3n) is 5.06. The number of ether oxygens (including phenoxy) is 1. The number of hydrogen-bond donors (Lipinski definition) is 1. The van der Waals surface area contributed by atoms with Crippen molar-refractivity contribution in [3.8, 4) is 5.75 Å². The smallest absolute Gasteiger partial charge is 0.193 e. The zero-order valence-electron chi connectivity index (χ0n) is 17.6. The van der Waals surface area contributed by atoms with Crippen molar-refractivity contribution in [2.24, 2.45) is 10.9 Å². The second kappa shape index (κ2) is 12.4. The number of nitrogens with zero attached hydrogens (tertiary/aromatic N) is 3. The van der Waals surface area contributed by atoms with Crippen molar-refractivity contribution in [3.05, 3.63) is 29.8 Å². The van der Waals surface area contributed by atoms with Crippen LogP contribution in [0.3, 0.4) is 0 Å². The van der Waals surface area contributed by atoms with E-state index in [1.807, 2.05) is 26.1 Å². The Hall–Kier alpha value is -1.02. The highest BCUT2D eigenvalue weighted by Crippen LogP contribution is 2.18. The topological polar surface area (TPSA) is 40.1 Å². The normalized spacial score (nSPS) is 18.1. The number of halogens is 1. The molecule has 1 heterocycles. The summed E-state index contributed by atoms with van der Waals surface area (Å²) in [6.45, 7) is 11.5. The molecular formula is C21H37IN4O. The molecule has 6 heteroatoms. The summed E-state index contributed by atoms with van der Waals surface area (Å²) < 4.78 is 5.51. The van der Waals surface area contributed by atoms with Gasteiger partial charge in [0.25, 0.3) is 0 Å². The minimum Gasteiger partial charge on any atom is -0.494 e. The molecule has 1 N–H and O–H groups in total. The fourth-order valence-corrected chi connectivity index (χ4v) is 3.56. The van der Waals surface area contributed by atoms with E-state index in [9.17, 15) is 0 Å². The van der Waals surface area contributed by atoms with Crippen molar-refractivity contribution in [2.75, 3.05) is 40.3 Å². The van der Waals surface area contributed by atoms with Crippen LogP contribution in [-0.2, 0) is 6.54 Å². The number of aliphatic imine (C=N–C) groups is 1. The molecule has 1 fully saturated rings. The van der Waals surface area contributed by atoms with Crippen molar-refractivity contribution >= 4 is 29.9 Å². The summed E-state index contributed by atoms with van der Waals surface area (Å²) in [6, 6.07) is 8.95. The summed E-state index contributed by atoms with van der Waals surface area (Å²) in [5.41, 5.74) is 1.25. The molecule has 0 aliphatic carbocycles. The predicted molar refractivity (Wildman–Crippen MR) is 125 cm³/mol. The zero-order chi connectivity index (χ0) is 18.9. The standard InChI is InChI=1S/C21H36N4O.HI/c1-6-26-20-11-9-18(10-12-20)15-24(5)21(22-4)23-14-19-8-7-13-25(16-19)17(2)3;/h9-12,17,19H,6-8,13-16H2,1-5H3,(H,22,23);1H. The van der Waals surface area contributed by atoms with E-state index in [2.05, 4.69) is 53.1 Å². The lowest BCUT2D eigenvalue weighted by atomic mass is 9.97. The first-order valence-electron chi connectivity index (χ1n) is 9.91. The molecule has 1 unspecified atom stereocenters. The van der Waals surface area contributed by atoms with Gasteiger partial charge in [0.1, 0.15) is 5.75 Å². The maximum Gasteiger partial charge on any atom is 0.193 e. The number of rotatable bonds is 7. The molecule has 0 amide bonds. The van der Waals surface area contributed by atoms with Gasteiger partial charge in [-0.05, 0) is 63.8 Å². The first kappa shape index (κ1) is 24.0. The molecule has 1 aromatic rings. The lowest BCUT2D eigenvalue weighted by molar-refractivity contribution is 0.140. The molecule has 1 aliphatic rings. The molecule has 1 atom stereocenters. The van der Waals surface area contributed by atoms with Crippen LogP contribution in [0.1, 0.15) is 39.2 Å². The van der Waals surface area contributed by atoms with Gasteiger partial charge in [0, 0.05) is 39.8 Å². The molecular weight excluding hydrogens is 451 g/mol. The molecule has 5 nitrogen and oxygen atoms in total. The van der Waals surface area contributed by atoms with E-state index in [-0.39, 0.29) is 24.0 Å². The number of hydrogen-bond acceptors (Lipinski definition) is 3. The quantitative estimate of drug-likeness (QED) is 0.360. The molecule has 0 saturated carbocycles. The highest BCUT2D eigenvalue weighted by Gasteiger charge is 2.22. The summed E-state index contributed by atoms with van der Waals surface area (Å²) in [7, 11) is 3.95. The van der Waals surface area contributed by atoms with Crippen molar-refractivity contribution in [1.29, 1.82) is 0 Å². The van der Waals surface area contributed by atoms with Crippen molar-refractivity contribution in [3.63, 3.8) is 0 Å². The van der Waals surface area contributed by atoms with Gasteiger partial charge in [-0.1, -0.05) is 12.1 Å². The van der Waals surface area contributed by atoms with E-state index in [4.69, 9.17) is 4.74 Å². The van der Waals surface area contributed by atoms with Gasteiger partial charge in [0.15, 0.2) is 5.96 Å². The largest absolute Gasteiger partial charge is 0.494 e. The Morgan fingerprint density at radius 1 is 1.33 bits per heavy atom. The van der Waals surface area contributed by atoms with Crippen LogP contribution in [0, 0.1) is 5.92 Å². The third kappa shape index (κ3) is 7.86. The average Bonchev–Trinajstić information content (AvgIpc) is 2.64. The van der Waals surface area contributed by atoms with Gasteiger partial charge in [-0.15, -0.1) is 24.0 Å². The van der Waals surface area contributed by atoms with E-state index in [0.717, 1.165) is 24.8 Å². The van der Waals surface area contributed by atoms with Crippen LogP contribution in [0.5, 0.6) is 5.75 Å². The van der Waals surface area contributed by atoms with Crippen LogP contribution in [0.15, 0.2) is 29.3 Å². The molecule has 0 radical (unpaired) electrons. The van der Waals surface area contributed by atoms with E-state index in [1.165, 1.54) is 31.5 Å². The Morgan fingerprint density at radius 2 is 2.04 bits per heavy atom. The van der Waals surface area contributed by atoms with Gasteiger partial charge >= 0.3 is 0 Å². The van der Waals surface area contributed by atoms with E-state index in [1.54, 1.807) is 0 Å².